The van der Waals surface area contributed by atoms with Gasteiger partial charge < -0.3 is 9.30 Å². The maximum atomic E-state index is 13.0. The normalized spacial score (nSPS) is 11.1. The van der Waals surface area contributed by atoms with Gasteiger partial charge in [-0.3, -0.25) is 9.59 Å². The average molecular weight is 492 g/mol. The first kappa shape index (κ1) is 24.4. The van der Waals surface area contributed by atoms with Gasteiger partial charge in [-0.1, -0.05) is 54.9 Å². The van der Waals surface area contributed by atoms with Gasteiger partial charge in [-0.15, -0.1) is 0 Å². The molecule has 2 aromatic heterocycles. The molecule has 7 nitrogen and oxygen atoms in total. The van der Waals surface area contributed by atoms with Crippen LogP contribution in [0.2, 0.25) is 5.02 Å². The lowest BCUT2D eigenvalue weighted by Gasteiger charge is -2.12. The predicted octanol–water partition coefficient (Wildman–Crippen LogP) is 4.97. The minimum Gasteiger partial charge on any atom is -0.452 e. The Balaban J connectivity index is 1.55. The van der Waals surface area contributed by atoms with Crippen LogP contribution in [0.15, 0.2) is 59.4 Å². The second-order valence-electron chi connectivity index (χ2n) is 8.38. The van der Waals surface area contributed by atoms with E-state index in [-0.39, 0.29) is 17.0 Å². The molecule has 0 aliphatic heterocycles. The zero-order valence-corrected chi connectivity index (χ0v) is 20.6. The van der Waals surface area contributed by atoms with E-state index < -0.39 is 12.6 Å². The van der Waals surface area contributed by atoms with E-state index in [1.807, 2.05) is 49.6 Å². The zero-order valence-electron chi connectivity index (χ0n) is 19.9. The molecule has 0 radical (unpaired) electrons. The van der Waals surface area contributed by atoms with Gasteiger partial charge in [0.15, 0.2) is 12.3 Å². The fraction of sp³-hybridized carbons (Fsp3) is 0.259. The number of ether oxygens (including phenoxy) is 1. The Kier molecular flexibility index (Phi) is 7.17. The van der Waals surface area contributed by atoms with Gasteiger partial charge in [0.1, 0.15) is 0 Å². The summed E-state index contributed by atoms with van der Waals surface area (Å²) in [5, 5.41) is 5.68. The van der Waals surface area contributed by atoms with Crippen LogP contribution in [0.4, 0.5) is 0 Å². The lowest BCUT2D eigenvalue weighted by Crippen LogP contribution is -2.27. The molecule has 180 valence electrons. The molecule has 0 atom stereocenters. The van der Waals surface area contributed by atoms with E-state index in [1.54, 1.807) is 30.3 Å². The molecular weight excluding hydrogens is 466 g/mol. The predicted molar refractivity (Wildman–Crippen MR) is 135 cm³/mol. The maximum absolute atomic E-state index is 13.0. The lowest BCUT2D eigenvalue weighted by atomic mass is 10.1. The third-order valence-electron chi connectivity index (χ3n) is 5.99. The molecule has 0 fully saturated rings. The van der Waals surface area contributed by atoms with Crippen molar-refractivity contribution in [3.8, 4) is 0 Å². The first-order chi connectivity index (χ1) is 16.8. The second kappa shape index (κ2) is 10.3. The van der Waals surface area contributed by atoms with E-state index in [9.17, 15) is 14.4 Å². The molecule has 0 aliphatic rings. The van der Waals surface area contributed by atoms with Crippen molar-refractivity contribution in [3.05, 3.63) is 98.2 Å². The summed E-state index contributed by atoms with van der Waals surface area (Å²) in [6.45, 7) is 6.16. The van der Waals surface area contributed by atoms with Gasteiger partial charge in [0.05, 0.1) is 5.39 Å². The summed E-state index contributed by atoms with van der Waals surface area (Å²) < 4.78 is 8.64. The van der Waals surface area contributed by atoms with Crippen LogP contribution in [0, 0.1) is 13.8 Å². The quantitative estimate of drug-likeness (QED) is 0.257. The number of carbonyl (C=O) groups is 2. The van der Waals surface area contributed by atoms with Crippen LogP contribution in [0.3, 0.4) is 0 Å². The highest BCUT2D eigenvalue weighted by Gasteiger charge is 2.21. The van der Waals surface area contributed by atoms with Gasteiger partial charge >= 0.3 is 5.97 Å². The monoisotopic (exact) mass is 491 g/mol. The molecule has 2 aromatic carbocycles. The van der Waals surface area contributed by atoms with Crippen LogP contribution >= 0.6 is 11.6 Å². The van der Waals surface area contributed by atoms with Crippen molar-refractivity contribution in [2.45, 2.75) is 40.3 Å². The van der Waals surface area contributed by atoms with Gasteiger partial charge in [0.2, 0.25) is 5.78 Å². The Labute approximate surface area is 207 Å². The van der Waals surface area contributed by atoms with Gasteiger partial charge in [0, 0.05) is 40.4 Å². The van der Waals surface area contributed by atoms with Gasteiger partial charge in [-0.05, 0) is 44.0 Å². The number of hydrogen-bond donors (Lipinski definition) is 0. The Morgan fingerprint density at radius 2 is 1.71 bits per heavy atom. The molecule has 2 heterocycles. The number of esters is 1. The number of ketones is 1. The first-order valence-corrected chi connectivity index (χ1v) is 11.8. The molecule has 0 spiro atoms. The number of hydrogen-bond acceptors (Lipinski definition) is 5. The van der Waals surface area contributed by atoms with Crippen molar-refractivity contribution >= 4 is 34.1 Å². The molecule has 0 saturated heterocycles. The standard InChI is InChI=1S/C27H26ClN3O4/c1-4-13-31-26(33)21-11-7-6-10-20(21)25(29-31)27(34)35-16-24(32)22-14-17(2)30(18(22)3)15-19-9-5-8-12-23(19)28/h5-12,14H,4,13,15-16H2,1-3H3. The minimum atomic E-state index is -0.746. The van der Waals surface area contributed by atoms with Crippen molar-refractivity contribution in [3.63, 3.8) is 0 Å². The zero-order chi connectivity index (χ0) is 25.1. The number of aromatic nitrogens is 3. The van der Waals surface area contributed by atoms with Gasteiger partial charge in [-0.2, -0.15) is 5.10 Å². The second-order valence-corrected chi connectivity index (χ2v) is 8.79. The summed E-state index contributed by atoms with van der Waals surface area (Å²) in [5.74, 6) is -1.06. The van der Waals surface area contributed by atoms with Crippen molar-refractivity contribution in [2.24, 2.45) is 0 Å². The highest BCUT2D eigenvalue weighted by molar-refractivity contribution is 6.31. The highest BCUT2D eigenvalue weighted by Crippen LogP contribution is 2.22. The Morgan fingerprint density at radius 3 is 2.43 bits per heavy atom. The summed E-state index contributed by atoms with van der Waals surface area (Å²) in [5.41, 5.74) is 2.85. The van der Waals surface area contributed by atoms with Crippen LogP contribution in [-0.2, 0) is 17.8 Å². The van der Waals surface area contributed by atoms with Crippen molar-refractivity contribution in [1.82, 2.24) is 14.3 Å². The number of aryl methyl sites for hydroxylation is 2. The molecule has 4 aromatic rings. The van der Waals surface area contributed by atoms with E-state index in [0.717, 1.165) is 17.0 Å². The third-order valence-corrected chi connectivity index (χ3v) is 6.36. The van der Waals surface area contributed by atoms with E-state index in [2.05, 4.69) is 5.10 Å². The van der Waals surface area contributed by atoms with Gasteiger partial charge in [0.25, 0.3) is 5.56 Å². The fourth-order valence-corrected chi connectivity index (χ4v) is 4.35. The molecule has 0 N–H and O–H groups in total. The van der Waals surface area contributed by atoms with Crippen LogP contribution in [0.25, 0.3) is 10.8 Å². The summed E-state index contributed by atoms with van der Waals surface area (Å²) in [6.07, 6.45) is 0.683. The van der Waals surface area contributed by atoms with Crippen LogP contribution in [0.1, 0.15) is 51.1 Å². The number of fused-ring (bicyclic) bond motifs is 1. The largest absolute Gasteiger partial charge is 0.452 e. The minimum absolute atomic E-state index is 0.0191. The molecule has 0 bridgehead atoms. The molecular formula is C27H26ClN3O4. The number of carbonyl (C=O) groups excluding carboxylic acids is 2. The summed E-state index contributed by atoms with van der Waals surface area (Å²) in [7, 11) is 0. The Bertz CT molecular complexity index is 1490. The van der Waals surface area contributed by atoms with E-state index in [4.69, 9.17) is 16.3 Å². The average Bonchev–Trinajstić information content (AvgIpc) is 3.14. The lowest BCUT2D eigenvalue weighted by molar-refractivity contribution is 0.0468. The maximum Gasteiger partial charge on any atom is 0.359 e. The summed E-state index contributed by atoms with van der Waals surface area (Å²) >= 11 is 6.31. The summed E-state index contributed by atoms with van der Waals surface area (Å²) in [6, 6.07) is 16.1. The fourth-order valence-electron chi connectivity index (χ4n) is 4.15. The highest BCUT2D eigenvalue weighted by atomic mass is 35.5. The van der Waals surface area contributed by atoms with E-state index in [1.165, 1.54) is 4.68 Å². The van der Waals surface area contributed by atoms with E-state index in [0.29, 0.717) is 40.9 Å². The van der Waals surface area contributed by atoms with Crippen LogP contribution in [-0.4, -0.2) is 32.7 Å². The molecule has 0 amide bonds. The first-order valence-electron chi connectivity index (χ1n) is 11.4. The number of rotatable bonds is 8. The molecule has 0 unspecified atom stereocenters. The topological polar surface area (TPSA) is 83.2 Å². The van der Waals surface area contributed by atoms with Crippen LogP contribution in [0.5, 0.6) is 0 Å². The summed E-state index contributed by atoms with van der Waals surface area (Å²) in [4.78, 5) is 38.6. The molecule has 8 heteroatoms. The van der Waals surface area contributed by atoms with Gasteiger partial charge in [-0.25, -0.2) is 9.48 Å². The molecule has 35 heavy (non-hydrogen) atoms. The molecule has 0 aliphatic carbocycles. The number of nitrogens with zero attached hydrogens (tertiary/aromatic N) is 3. The molecule has 0 saturated carbocycles. The number of halogens is 1. The smallest absolute Gasteiger partial charge is 0.359 e. The SMILES string of the molecule is CCCn1nc(C(=O)OCC(=O)c2cc(C)n(Cc3ccccc3Cl)c2C)c2ccccc2c1=O. The van der Waals surface area contributed by atoms with Crippen LogP contribution < -0.4 is 5.56 Å². The third kappa shape index (κ3) is 4.91. The Morgan fingerprint density at radius 1 is 1.03 bits per heavy atom. The number of Topliss-reactive ketones (excluding diaryl/α,β-unsaturated/α-hetero) is 1. The molecule has 4 rings (SSSR count). The Hall–Kier alpha value is -3.71. The number of benzene rings is 2. The van der Waals surface area contributed by atoms with Crippen molar-refractivity contribution in [2.75, 3.05) is 6.61 Å². The van der Waals surface area contributed by atoms with Crippen molar-refractivity contribution < 1.29 is 14.3 Å². The van der Waals surface area contributed by atoms with E-state index >= 15 is 0 Å². The van der Waals surface area contributed by atoms with Crippen molar-refractivity contribution in [1.29, 1.82) is 0 Å².